The Hall–Kier alpha value is -2.53. The summed E-state index contributed by atoms with van der Waals surface area (Å²) in [4.78, 5) is 12.2. The normalized spacial score (nSPS) is 24.6. The molecule has 0 amide bonds. The van der Waals surface area contributed by atoms with E-state index in [2.05, 4.69) is 82.2 Å². The Kier molecular flexibility index (Phi) is 3.82. The van der Waals surface area contributed by atoms with Gasteiger partial charge < -0.3 is 9.47 Å². The monoisotopic (exact) mass is 360 g/mol. The molecule has 0 saturated carbocycles. The minimum absolute atomic E-state index is 0.0311. The fourth-order valence-corrected chi connectivity index (χ4v) is 4.99. The Balaban J connectivity index is 1.62. The van der Waals surface area contributed by atoms with E-state index in [-0.39, 0.29) is 12.1 Å². The summed E-state index contributed by atoms with van der Waals surface area (Å²) in [6, 6.07) is 21.2. The quantitative estimate of drug-likeness (QED) is 0.691. The average molecular weight is 360 g/mol. The average Bonchev–Trinajstić information content (AvgIpc) is 3.37. The molecule has 3 aromatic rings. The highest BCUT2D eigenvalue weighted by atomic mass is 32.2. The van der Waals surface area contributed by atoms with Gasteiger partial charge in [0.15, 0.2) is 5.17 Å². The number of thioether (sulfide) groups is 1. The van der Waals surface area contributed by atoms with E-state index in [0.29, 0.717) is 5.25 Å². The number of pyridine rings is 1. The van der Waals surface area contributed by atoms with E-state index < -0.39 is 0 Å². The minimum atomic E-state index is 0.0311. The van der Waals surface area contributed by atoms with Gasteiger partial charge >= 0.3 is 0 Å². The molecule has 0 unspecified atom stereocenters. The number of fused-ring (bicyclic) bond motifs is 1. The van der Waals surface area contributed by atoms with Gasteiger partial charge in [-0.05, 0) is 36.4 Å². The third-order valence-corrected chi connectivity index (χ3v) is 6.10. The predicted octanol–water partition coefficient (Wildman–Crippen LogP) is 4.46. The molecule has 1 aromatic carbocycles. The van der Waals surface area contributed by atoms with Gasteiger partial charge in [0.2, 0.25) is 0 Å². The van der Waals surface area contributed by atoms with Gasteiger partial charge in [-0.1, -0.05) is 43.0 Å². The number of benzene rings is 1. The second kappa shape index (κ2) is 6.32. The van der Waals surface area contributed by atoms with Gasteiger partial charge in [-0.2, -0.15) is 0 Å². The van der Waals surface area contributed by atoms with Crippen LogP contribution < -0.4 is 0 Å². The van der Waals surface area contributed by atoms with Crippen LogP contribution in [0.25, 0.3) is 5.69 Å². The molecule has 4 heterocycles. The molecule has 0 spiro atoms. The largest absolute Gasteiger partial charge is 0.339 e. The Bertz CT molecular complexity index is 935. The first-order valence-electron chi connectivity index (χ1n) is 8.96. The van der Waals surface area contributed by atoms with E-state index in [4.69, 9.17) is 4.99 Å². The van der Waals surface area contributed by atoms with Crippen LogP contribution in [0.2, 0.25) is 0 Å². The molecule has 26 heavy (non-hydrogen) atoms. The number of hydrogen-bond donors (Lipinski definition) is 0. The molecule has 1 fully saturated rings. The maximum absolute atomic E-state index is 5.07. The van der Waals surface area contributed by atoms with Crippen LogP contribution in [0.3, 0.4) is 0 Å². The van der Waals surface area contributed by atoms with Crippen LogP contribution >= 0.6 is 11.8 Å². The van der Waals surface area contributed by atoms with E-state index in [0.717, 1.165) is 17.4 Å². The molecule has 2 aromatic heterocycles. The second-order valence-corrected chi connectivity index (χ2v) is 8.18. The summed E-state index contributed by atoms with van der Waals surface area (Å²) >= 11 is 1.88. The van der Waals surface area contributed by atoms with Crippen molar-refractivity contribution >= 4 is 16.9 Å². The summed E-state index contributed by atoms with van der Waals surface area (Å²) in [5, 5.41) is 1.72. The van der Waals surface area contributed by atoms with Crippen molar-refractivity contribution in [1.29, 1.82) is 0 Å². The van der Waals surface area contributed by atoms with Crippen molar-refractivity contribution in [2.24, 2.45) is 4.99 Å². The highest BCUT2D eigenvalue weighted by Crippen LogP contribution is 2.47. The summed E-state index contributed by atoms with van der Waals surface area (Å²) in [5.41, 5.74) is 3.48. The SMILES string of the molecule is C[C@H]1CN2C(=N[C@@H](c3ccccn3)[C@@H]2c2cccn2-c2ccccc2)S1. The highest BCUT2D eigenvalue weighted by molar-refractivity contribution is 8.14. The number of para-hydroxylation sites is 1. The van der Waals surface area contributed by atoms with E-state index in [1.807, 2.05) is 24.0 Å². The van der Waals surface area contributed by atoms with Gasteiger partial charge in [-0.15, -0.1) is 0 Å². The third-order valence-electron chi connectivity index (χ3n) is 5.00. The van der Waals surface area contributed by atoms with Gasteiger partial charge in [0.25, 0.3) is 0 Å². The molecule has 0 N–H and O–H groups in total. The van der Waals surface area contributed by atoms with Crippen molar-refractivity contribution in [2.75, 3.05) is 6.54 Å². The molecule has 0 aliphatic carbocycles. The van der Waals surface area contributed by atoms with Crippen LogP contribution in [0.1, 0.15) is 30.4 Å². The van der Waals surface area contributed by atoms with Crippen LogP contribution in [-0.4, -0.2) is 31.4 Å². The zero-order valence-electron chi connectivity index (χ0n) is 14.6. The molecule has 0 radical (unpaired) electrons. The van der Waals surface area contributed by atoms with E-state index in [9.17, 15) is 0 Å². The van der Waals surface area contributed by atoms with Crippen molar-refractivity contribution in [3.63, 3.8) is 0 Å². The topological polar surface area (TPSA) is 33.4 Å². The summed E-state index contributed by atoms with van der Waals surface area (Å²) in [6.45, 7) is 3.30. The lowest BCUT2D eigenvalue weighted by molar-refractivity contribution is 0.312. The molecular weight excluding hydrogens is 340 g/mol. The fourth-order valence-electron chi connectivity index (χ4n) is 3.90. The van der Waals surface area contributed by atoms with Gasteiger partial charge in [0, 0.05) is 35.6 Å². The molecule has 5 heteroatoms. The number of rotatable bonds is 3. The second-order valence-electron chi connectivity index (χ2n) is 6.78. The zero-order chi connectivity index (χ0) is 17.5. The van der Waals surface area contributed by atoms with E-state index in [1.165, 1.54) is 11.4 Å². The lowest BCUT2D eigenvalue weighted by Gasteiger charge is -2.28. The lowest BCUT2D eigenvalue weighted by atomic mass is 10.0. The molecule has 130 valence electrons. The predicted molar refractivity (Wildman–Crippen MR) is 107 cm³/mol. The number of amidine groups is 1. The summed E-state index contributed by atoms with van der Waals surface area (Å²) in [7, 11) is 0. The molecule has 2 aliphatic heterocycles. The zero-order valence-corrected chi connectivity index (χ0v) is 15.4. The Morgan fingerprint density at radius 2 is 1.85 bits per heavy atom. The van der Waals surface area contributed by atoms with Crippen molar-refractivity contribution < 1.29 is 0 Å². The number of nitrogens with zero attached hydrogens (tertiary/aromatic N) is 4. The standard InChI is InChI=1S/C21H20N4S/c1-15-14-25-20(18-11-7-13-24(18)16-8-3-2-4-9-16)19(23-21(25)26-15)17-10-5-6-12-22-17/h2-13,15,19-20H,14H2,1H3/t15-,19-,20-/m0/s1. The van der Waals surface area contributed by atoms with Crippen LogP contribution in [-0.2, 0) is 0 Å². The highest BCUT2D eigenvalue weighted by Gasteiger charge is 2.44. The fraction of sp³-hybridized carbons (Fsp3) is 0.238. The summed E-state index contributed by atoms with van der Waals surface area (Å²) in [6.07, 6.45) is 4.01. The minimum Gasteiger partial charge on any atom is -0.339 e. The molecule has 1 saturated heterocycles. The number of aromatic nitrogens is 2. The van der Waals surface area contributed by atoms with Gasteiger partial charge in [-0.3, -0.25) is 9.98 Å². The van der Waals surface area contributed by atoms with Crippen LogP contribution in [0.4, 0.5) is 0 Å². The Morgan fingerprint density at radius 3 is 2.65 bits per heavy atom. The lowest BCUT2D eigenvalue weighted by Crippen LogP contribution is -2.30. The first-order valence-corrected chi connectivity index (χ1v) is 9.84. The van der Waals surface area contributed by atoms with E-state index in [1.54, 1.807) is 0 Å². The van der Waals surface area contributed by atoms with E-state index >= 15 is 0 Å². The number of hydrogen-bond acceptors (Lipinski definition) is 4. The van der Waals surface area contributed by atoms with Crippen molar-refractivity contribution in [2.45, 2.75) is 24.3 Å². The van der Waals surface area contributed by atoms with Gasteiger partial charge in [-0.25, -0.2) is 0 Å². The summed E-state index contributed by atoms with van der Waals surface area (Å²) in [5.74, 6) is 0. The van der Waals surface area contributed by atoms with Gasteiger partial charge in [0.05, 0.1) is 11.7 Å². The number of aliphatic imine (C=N–C) groups is 1. The molecule has 4 nitrogen and oxygen atoms in total. The molecule has 3 atom stereocenters. The van der Waals surface area contributed by atoms with Crippen molar-refractivity contribution in [3.8, 4) is 5.69 Å². The van der Waals surface area contributed by atoms with Gasteiger partial charge in [0.1, 0.15) is 6.04 Å². The molecule has 5 rings (SSSR count). The maximum atomic E-state index is 5.07. The Morgan fingerprint density at radius 1 is 1.00 bits per heavy atom. The van der Waals surface area contributed by atoms with Crippen molar-refractivity contribution in [3.05, 3.63) is 84.4 Å². The molecule has 0 bridgehead atoms. The third kappa shape index (κ3) is 2.54. The van der Waals surface area contributed by atoms with Crippen LogP contribution in [0.5, 0.6) is 0 Å². The molecule has 2 aliphatic rings. The summed E-state index contributed by atoms with van der Waals surface area (Å²) < 4.78 is 2.28. The smallest absolute Gasteiger partial charge is 0.160 e. The maximum Gasteiger partial charge on any atom is 0.160 e. The van der Waals surface area contributed by atoms with Crippen LogP contribution in [0.15, 0.2) is 78.0 Å². The first-order chi connectivity index (χ1) is 12.8. The Labute approximate surface area is 157 Å². The van der Waals surface area contributed by atoms with Crippen molar-refractivity contribution in [1.82, 2.24) is 14.5 Å². The first kappa shape index (κ1) is 15.7. The molecular formula is C21H20N4S. The van der Waals surface area contributed by atoms with Crippen LogP contribution in [0, 0.1) is 0 Å².